The van der Waals surface area contributed by atoms with Crippen molar-refractivity contribution in [1.29, 1.82) is 0 Å². The number of carbonyl (C=O) groups excluding carboxylic acids is 2. The molecule has 0 saturated heterocycles. The zero-order chi connectivity index (χ0) is 15.8. The van der Waals surface area contributed by atoms with Gasteiger partial charge in [0.1, 0.15) is 18.3 Å². The first-order valence-corrected chi connectivity index (χ1v) is 8.38. The van der Waals surface area contributed by atoms with Crippen LogP contribution in [0.1, 0.15) is 64.7 Å². The van der Waals surface area contributed by atoms with Gasteiger partial charge in [-0.3, -0.25) is 0 Å². The van der Waals surface area contributed by atoms with Gasteiger partial charge in [-0.25, -0.2) is 9.59 Å². The van der Waals surface area contributed by atoms with Crippen LogP contribution in [0.25, 0.3) is 0 Å². The molecule has 22 heavy (non-hydrogen) atoms. The molecule has 0 amide bonds. The smallest absolute Gasteiger partial charge is 0.435 e. The number of ether oxygens (including phenoxy) is 4. The Kier molecular flexibility index (Phi) is 6.80. The summed E-state index contributed by atoms with van der Waals surface area (Å²) in [5.74, 6) is 0. The van der Waals surface area contributed by atoms with E-state index < -0.39 is 12.3 Å². The molecule has 2 aliphatic rings. The zero-order valence-corrected chi connectivity index (χ0v) is 13.3. The first-order valence-electron chi connectivity index (χ1n) is 8.38. The van der Waals surface area contributed by atoms with Crippen molar-refractivity contribution in [3.8, 4) is 0 Å². The maximum absolute atomic E-state index is 11.8. The molecule has 2 saturated carbocycles. The maximum atomic E-state index is 11.8. The summed E-state index contributed by atoms with van der Waals surface area (Å²) in [6.45, 7) is 2.02. The SMILES string of the molecule is CCOC(=O)OC1CCCC(OC(=O)OC2CCCCC2)C1. The van der Waals surface area contributed by atoms with Crippen molar-refractivity contribution in [3.05, 3.63) is 0 Å². The molecule has 0 aliphatic heterocycles. The Morgan fingerprint density at radius 1 is 0.773 bits per heavy atom. The average Bonchev–Trinajstić information content (AvgIpc) is 2.48. The highest BCUT2D eigenvalue weighted by Crippen LogP contribution is 2.25. The first-order chi connectivity index (χ1) is 10.7. The summed E-state index contributed by atoms with van der Waals surface area (Å²) in [5, 5.41) is 0. The number of carbonyl (C=O) groups is 2. The van der Waals surface area contributed by atoms with Crippen LogP contribution >= 0.6 is 0 Å². The van der Waals surface area contributed by atoms with E-state index in [2.05, 4.69) is 0 Å². The molecule has 0 aromatic carbocycles. The minimum atomic E-state index is -0.655. The third-order valence-electron chi connectivity index (χ3n) is 4.18. The molecule has 6 heteroatoms. The predicted octanol–water partition coefficient (Wildman–Crippen LogP) is 3.96. The highest BCUT2D eigenvalue weighted by atomic mass is 16.7. The molecule has 6 nitrogen and oxygen atoms in total. The van der Waals surface area contributed by atoms with Gasteiger partial charge < -0.3 is 18.9 Å². The topological polar surface area (TPSA) is 71.1 Å². The van der Waals surface area contributed by atoms with Gasteiger partial charge in [-0.1, -0.05) is 6.42 Å². The number of hydrogen-bond acceptors (Lipinski definition) is 6. The van der Waals surface area contributed by atoms with Crippen molar-refractivity contribution in [1.82, 2.24) is 0 Å². The van der Waals surface area contributed by atoms with Crippen LogP contribution in [0, 0.1) is 0 Å². The fraction of sp³-hybridized carbons (Fsp3) is 0.875. The van der Waals surface area contributed by atoms with Crippen molar-refractivity contribution < 1.29 is 28.5 Å². The molecule has 2 unspecified atom stereocenters. The van der Waals surface area contributed by atoms with Crippen molar-refractivity contribution in [2.75, 3.05) is 6.61 Å². The Morgan fingerprint density at radius 2 is 1.32 bits per heavy atom. The third-order valence-corrected chi connectivity index (χ3v) is 4.18. The van der Waals surface area contributed by atoms with Crippen LogP contribution in [0.4, 0.5) is 9.59 Å². The van der Waals surface area contributed by atoms with Crippen LogP contribution in [-0.2, 0) is 18.9 Å². The Balaban J connectivity index is 1.70. The summed E-state index contributed by atoms with van der Waals surface area (Å²) in [4.78, 5) is 23.2. The van der Waals surface area contributed by atoms with Crippen molar-refractivity contribution >= 4 is 12.3 Å². The first kappa shape index (κ1) is 16.9. The molecule has 0 bridgehead atoms. The normalized spacial score (nSPS) is 26.0. The molecule has 2 atom stereocenters. The standard InChI is InChI=1S/C16H26O6/c1-2-19-15(17)21-13-9-6-10-14(11-13)22-16(18)20-12-7-4-3-5-8-12/h12-14H,2-11H2,1H3. The Bertz CT molecular complexity index is 364. The summed E-state index contributed by atoms with van der Waals surface area (Å²) in [5.41, 5.74) is 0. The molecule has 0 spiro atoms. The summed E-state index contributed by atoms with van der Waals surface area (Å²) in [7, 11) is 0. The average molecular weight is 314 g/mol. The molecular formula is C16H26O6. The Morgan fingerprint density at radius 3 is 1.95 bits per heavy atom. The summed E-state index contributed by atoms with van der Waals surface area (Å²) >= 11 is 0. The minimum absolute atomic E-state index is 0.00332. The fourth-order valence-corrected chi connectivity index (χ4v) is 3.09. The van der Waals surface area contributed by atoms with Gasteiger partial charge in [-0.2, -0.15) is 0 Å². The monoisotopic (exact) mass is 314 g/mol. The molecule has 0 aromatic rings. The number of rotatable bonds is 4. The van der Waals surface area contributed by atoms with E-state index in [-0.39, 0.29) is 18.3 Å². The van der Waals surface area contributed by atoms with Gasteiger partial charge in [0, 0.05) is 6.42 Å². The predicted molar refractivity (Wildman–Crippen MR) is 78.6 cm³/mol. The zero-order valence-electron chi connectivity index (χ0n) is 13.3. The second kappa shape index (κ2) is 8.86. The van der Waals surface area contributed by atoms with Crippen LogP contribution in [0.2, 0.25) is 0 Å². The second-order valence-electron chi connectivity index (χ2n) is 5.96. The summed E-state index contributed by atoms with van der Waals surface area (Å²) in [6, 6.07) is 0. The third kappa shape index (κ3) is 5.73. The van der Waals surface area contributed by atoms with Crippen LogP contribution in [0.3, 0.4) is 0 Å². The lowest BCUT2D eigenvalue weighted by atomic mass is 9.95. The maximum Gasteiger partial charge on any atom is 0.508 e. The van der Waals surface area contributed by atoms with Crippen molar-refractivity contribution in [3.63, 3.8) is 0 Å². The van der Waals surface area contributed by atoms with E-state index in [4.69, 9.17) is 18.9 Å². The summed E-state index contributed by atoms with van der Waals surface area (Å²) in [6.07, 6.45) is 6.46. The minimum Gasteiger partial charge on any atom is -0.435 e. The molecule has 2 aliphatic carbocycles. The summed E-state index contributed by atoms with van der Waals surface area (Å²) < 4.78 is 20.7. The van der Waals surface area contributed by atoms with Crippen LogP contribution in [0.5, 0.6) is 0 Å². The van der Waals surface area contributed by atoms with E-state index in [9.17, 15) is 9.59 Å². The van der Waals surface area contributed by atoms with Gasteiger partial charge in [-0.15, -0.1) is 0 Å². The molecule has 0 radical (unpaired) electrons. The van der Waals surface area contributed by atoms with Gasteiger partial charge in [-0.05, 0) is 51.9 Å². The van der Waals surface area contributed by atoms with Gasteiger partial charge in [0.25, 0.3) is 0 Å². The highest BCUT2D eigenvalue weighted by Gasteiger charge is 2.29. The lowest BCUT2D eigenvalue weighted by Crippen LogP contribution is -2.33. The van der Waals surface area contributed by atoms with Crippen LogP contribution in [0.15, 0.2) is 0 Å². The molecule has 126 valence electrons. The number of hydrogen-bond donors (Lipinski definition) is 0. The van der Waals surface area contributed by atoms with Crippen LogP contribution < -0.4 is 0 Å². The van der Waals surface area contributed by atoms with Gasteiger partial charge in [0.2, 0.25) is 0 Å². The molecule has 2 rings (SSSR count). The van der Waals surface area contributed by atoms with Gasteiger partial charge in [0.15, 0.2) is 0 Å². The Hall–Kier alpha value is -1.46. The Labute approximate surface area is 131 Å². The molecular weight excluding hydrogens is 288 g/mol. The van der Waals surface area contributed by atoms with Crippen LogP contribution in [-0.4, -0.2) is 37.2 Å². The second-order valence-corrected chi connectivity index (χ2v) is 5.96. The van der Waals surface area contributed by atoms with E-state index in [1.807, 2.05) is 0 Å². The lowest BCUT2D eigenvalue weighted by molar-refractivity contribution is -0.0461. The van der Waals surface area contributed by atoms with E-state index >= 15 is 0 Å². The van der Waals surface area contributed by atoms with E-state index in [1.165, 1.54) is 6.42 Å². The van der Waals surface area contributed by atoms with E-state index in [0.717, 1.165) is 44.9 Å². The largest absolute Gasteiger partial charge is 0.508 e. The van der Waals surface area contributed by atoms with Crippen molar-refractivity contribution in [2.45, 2.75) is 83.0 Å². The molecule has 2 fully saturated rings. The van der Waals surface area contributed by atoms with E-state index in [0.29, 0.717) is 13.0 Å². The van der Waals surface area contributed by atoms with Gasteiger partial charge in [0.05, 0.1) is 6.61 Å². The lowest BCUT2D eigenvalue weighted by Gasteiger charge is -2.29. The van der Waals surface area contributed by atoms with Gasteiger partial charge >= 0.3 is 12.3 Å². The quantitative estimate of drug-likeness (QED) is 0.731. The molecule has 0 N–H and O–H groups in total. The fourth-order valence-electron chi connectivity index (χ4n) is 3.09. The molecule has 0 aromatic heterocycles. The highest BCUT2D eigenvalue weighted by molar-refractivity contribution is 5.61. The van der Waals surface area contributed by atoms with E-state index in [1.54, 1.807) is 6.92 Å². The molecule has 0 heterocycles. The van der Waals surface area contributed by atoms with Crippen molar-refractivity contribution in [2.24, 2.45) is 0 Å².